The van der Waals surface area contributed by atoms with Gasteiger partial charge in [-0.3, -0.25) is 0 Å². The number of rotatable bonds is 5. The summed E-state index contributed by atoms with van der Waals surface area (Å²) in [5.41, 5.74) is 1.32. The Kier molecular flexibility index (Phi) is 4.65. The molecule has 0 radical (unpaired) electrons. The van der Waals surface area contributed by atoms with Gasteiger partial charge >= 0.3 is 0 Å². The van der Waals surface area contributed by atoms with Gasteiger partial charge in [0.25, 0.3) is 0 Å². The van der Waals surface area contributed by atoms with Crippen LogP contribution in [0.3, 0.4) is 0 Å². The molecule has 17 heavy (non-hydrogen) atoms. The van der Waals surface area contributed by atoms with Gasteiger partial charge in [-0.25, -0.2) is 0 Å². The van der Waals surface area contributed by atoms with E-state index in [1.807, 2.05) is 48.5 Å². The summed E-state index contributed by atoms with van der Waals surface area (Å²) in [7, 11) is 0. The maximum atomic E-state index is 11.9. The van der Waals surface area contributed by atoms with Crippen molar-refractivity contribution in [1.82, 2.24) is 0 Å². The van der Waals surface area contributed by atoms with Crippen molar-refractivity contribution in [2.75, 3.05) is 5.75 Å². The van der Waals surface area contributed by atoms with Crippen molar-refractivity contribution in [3.63, 3.8) is 0 Å². The Hall–Kier alpha value is -1.25. The van der Waals surface area contributed by atoms with Gasteiger partial charge in [0.15, 0.2) is 4.90 Å². The molecule has 0 aliphatic heterocycles. The minimum Gasteiger partial charge on any atom is -0.611 e. The lowest BCUT2D eigenvalue weighted by Crippen LogP contribution is -2.07. The van der Waals surface area contributed by atoms with E-state index in [2.05, 4.69) is 12.1 Å². The molecule has 0 heterocycles. The molecule has 0 aliphatic rings. The summed E-state index contributed by atoms with van der Waals surface area (Å²) in [6, 6.07) is 20.0. The van der Waals surface area contributed by atoms with Crippen molar-refractivity contribution in [2.45, 2.75) is 17.7 Å². The largest absolute Gasteiger partial charge is 0.611 e. The second-order valence-electron chi connectivity index (χ2n) is 3.95. The number of aryl methyl sites for hydroxylation is 1. The highest BCUT2D eigenvalue weighted by molar-refractivity contribution is 7.91. The quantitative estimate of drug-likeness (QED) is 0.739. The van der Waals surface area contributed by atoms with E-state index in [-0.39, 0.29) is 0 Å². The number of benzene rings is 2. The molecule has 0 bridgehead atoms. The van der Waals surface area contributed by atoms with Gasteiger partial charge in [-0.05, 0) is 41.7 Å². The maximum absolute atomic E-state index is 11.9. The van der Waals surface area contributed by atoms with E-state index in [0.717, 1.165) is 23.5 Å². The van der Waals surface area contributed by atoms with Crippen molar-refractivity contribution in [1.29, 1.82) is 0 Å². The molecular formula is C15H16OS. The summed E-state index contributed by atoms with van der Waals surface area (Å²) in [4.78, 5) is 0.931. The van der Waals surface area contributed by atoms with Crippen molar-refractivity contribution >= 4 is 11.2 Å². The van der Waals surface area contributed by atoms with Crippen molar-refractivity contribution in [2.24, 2.45) is 0 Å². The molecule has 0 spiro atoms. The van der Waals surface area contributed by atoms with E-state index >= 15 is 0 Å². The molecule has 0 saturated heterocycles. The Morgan fingerprint density at radius 1 is 0.824 bits per heavy atom. The molecule has 1 unspecified atom stereocenters. The summed E-state index contributed by atoms with van der Waals surface area (Å²) in [5, 5.41) is 0. The first-order valence-corrected chi connectivity index (χ1v) is 7.15. The molecule has 0 saturated carbocycles. The average molecular weight is 244 g/mol. The lowest BCUT2D eigenvalue weighted by molar-refractivity contribution is 0.592. The SMILES string of the molecule is [O-][S+](CCCc1ccccc1)c1ccccc1. The van der Waals surface area contributed by atoms with Crippen LogP contribution in [0.5, 0.6) is 0 Å². The van der Waals surface area contributed by atoms with Crippen LogP contribution < -0.4 is 0 Å². The van der Waals surface area contributed by atoms with E-state index in [0.29, 0.717) is 0 Å². The van der Waals surface area contributed by atoms with Gasteiger partial charge in [0.05, 0.1) is 0 Å². The Balaban J connectivity index is 1.79. The normalized spacial score (nSPS) is 12.3. The summed E-state index contributed by atoms with van der Waals surface area (Å²) < 4.78 is 11.9. The fourth-order valence-electron chi connectivity index (χ4n) is 1.74. The minimum atomic E-state index is -0.857. The molecule has 2 rings (SSSR count). The molecule has 0 N–H and O–H groups in total. The van der Waals surface area contributed by atoms with Gasteiger partial charge in [-0.15, -0.1) is 0 Å². The molecule has 88 valence electrons. The Bertz CT molecular complexity index is 427. The van der Waals surface area contributed by atoms with E-state index in [1.165, 1.54) is 5.56 Å². The van der Waals surface area contributed by atoms with Crippen LogP contribution in [-0.2, 0) is 17.6 Å². The standard InChI is InChI=1S/C15H16OS/c16-17(15-11-5-2-6-12-15)13-7-10-14-8-3-1-4-9-14/h1-6,8-9,11-12H,7,10,13H2. The summed E-state index contributed by atoms with van der Waals surface area (Å²) >= 11 is -0.857. The van der Waals surface area contributed by atoms with Crippen molar-refractivity contribution < 1.29 is 4.55 Å². The van der Waals surface area contributed by atoms with Crippen LogP contribution in [0, 0.1) is 0 Å². The van der Waals surface area contributed by atoms with Crippen molar-refractivity contribution in [3.05, 3.63) is 66.2 Å². The van der Waals surface area contributed by atoms with E-state index in [9.17, 15) is 4.55 Å². The van der Waals surface area contributed by atoms with Crippen LogP contribution in [-0.4, -0.2) is 10.3 Å². The molecule has 2 aromatic carbocycles. The highest BCUT2D eigenvalue weighted by atomic mass is 32.2. The number of hydrogen-bond donors (Lipinski definition) is 0. The fraction of sp³-hybridized carbons (Fsp3) is 0.200. The van der Waals surface area contributed by atoms with Crippen LogP contribution in [0.15, 0.2) is 65.6 Å². The van der Waals surface area contributed by atoms with Gasteiger partial charge in [-0.1, -0.05) is 48.5 Å². The Morgan fingerprint density at radius 3 is 2.06 bits per heavy atom. The third kappa shape index (κ3) is 3.91. The smallest absolute Gasteiger partial charge is 0.152 e. The second kappa shape index (κ2) is 6.48. The zero-order valence-corrected chi connectivity index (χ0v) is 10.5. The molecule has 1 atom stereocenters. The molecule has 0 aromatic heterocycles. The second-order valence-corrected chi connectivity index (χ2v) is 5.52. The summed E-state index contributed by atoms with van der Waals surface area (Å²) in [6.45, 7) is 0. The lowest BCUT2D eigenvalue weighted by atomic mass is 10.1. The molecule has 2 heteroatoms. The molecule has 0 fully saturated rings. The molecule has 1 nitrogen and oxygen atoms in total. The van der Waals surface area contributed by atoms with Crippen LogP contribution in [0.2, 0.25) is 0 Å². The average Bonchev–Trinajstić information content (AvgIpc) is 2.41. The first-order valence-electron chi connectivity index (χ1n) is 5.83. The zero-order valence-electron chi connectivity index (χ0n) is 9.71. The Labute approximate surface area is 106 Å². The summed E-state index contributed by atoms with van der Waals surface area (Å²) in [6.07, 6.45) is 1.96. The molecule has 0 aliphatic carbocycles. The first kappa shape index (κ1) is 12.2. The highest BCUT2D eigenvalue weighted by Gasteiger charge is 2.08. The predicted molar refractivity (Wildman–Crippen MR) is 72.5 cm³/mol. The third-order valence-corrected chi connectivity index (χ3v) is 4.10. The highest BCUT2D eigenvalue weighted by Crippen LogP contribution is 2.12. The lowest BCUT2D eigenvalue weighted by Gasteiger charge is -2.09. The molecule has 2 aromatic rings. The van der Waals surface area contributed by atoms with E-state index < -0.39 is 11.2 Å². The van der Waals surface area contributed by atoms with Gasteiger partial charge in [0.1, 0.15) is 5.75 Å². The molecule has 0 amide bonds. The van der Waals surface area contributed by atoms with E-state index in [4.69, 9.17) is 0 Å². The molecular weight excluding hydrogens is 228 g/mol. The van der Waals surface area contributed by atoms with Gasteiger partial charge < -0.3 is 4.55 Å². The minimum absolute atomic E-state index is 0.735. The van der Waals surface area contributed by atoms with Crippen LogP contribution in [0.1, 0.15) is 12.0 Å². The van der Waals surface area contributed by atoms with Gasteiger partial charge in [0.2, 0.25) is 0 Å². The zero-order chi connectivity index (χ0) is 11.9. The van der Waals surface area contributed by atoms with Crippen LogP contribution >= 0.6 is 0 Å². The Morgan fingerprint density at radius 2 is 1.41 bits per heavy atom. The predicted octanol–water partition coefficient (Wildman–Crippen LogP) is 3.43. The fourth-order valence-corrected chi connectivity index (χ4v) is 2.85. The van der Waals surface area contributed by atoms with E-state index in [1.54, 1.807) is 0 Å². The first-order chi connectivity index (χ1) is 8.36. The topological polar surface area (TPSA) is 23.1 Å². The van der Waals surface area contributed by atoms with Crippen LogP contribution in [0.25, 0.3) is 0 Å². The number of hydrogen-bond acceptors (Lipinski definition) is 1. The third-order valence-electron chi connectivity index (χ3n) is 2.64. The monoisotopic (exact) mass is 244 g/mol. The van der Waals surface area contributed by atoms with Crippen LogP contribution in [0.4, 0.5) is 0 Å². The van der Waals surface area contributed by atoms with Crippen molar-refractivity contribution in [3.8, 4) is 0 Å². The summed E-state index contributed by atoms with van der Waals surface area (Å²) in [5.74, 6) is 0.735. The maximum Gasteiger partial charge on any atom is 0.152 e. The van der Waals surface area contributed by atoms with Gasteiger partial charge in [0, 0.05) is 0 Å². The van der Waals surface area contributed by atoms with Gasteiger partial charge in [-0.2, -0.15) is 0 Å².